The van der Waals surface area contributed by atoms with E-state index in [1.807, 2.05) is 18.2 Å². The van der Waals surface area contributed by atoms with Gasteiger partial charge >= 0.3 is 0 Å². The third-order valence-corrected chi connectivity index (χ3v) is 2.00. The van der Waals surface area contributed by atoms with Crippen molar-refractivity contribution in [3.63, 3.8) is 0 Å². The third kappa shape index (κ3) is 2.10. The van der Waals surface area contributed by atoms with E-state index in [1.54, 1.807) is 12.1 Å². The van der Waals surface area contributed by atoms with E-state index in [2.05, 4.69) is 6.58 Å². The maximum absolute atomic E-state index is 9.55. The van der Waals surface area contributed by atoms with E-state index in [0.717, 1.165) is 5.56 Å². The lowest BCUT2D eigenvalue weighted by molar-refractivity contribution is 0.182. The molecule has 0 aromatic heterocycles. The molecule has 0 saturated heterocycles. The van der Waals surface area contributed by atoms with Gasteiger partial charge in [0.1, 0.15) is 0 Å². The number of rotatable bonds is 3. The molecule has 0 spiro atoms. The summed E-state index contributed by atoms with van der Waals surface area (Å²) in [6.45, 7) is 3.55. The quantitative estimate of drug-likeness (QED) is 0.713. The molecule has 0 heterocycles. The Morgan fingerprint density at radius 1 is 1.50 bits per heavy atom. The van der Waals surface area contributed by atoms with Crippen LogP contribution >= 0.6 is 11.6 Å². The van der Waals surface area contributed by atoms with Crippen LogP contribution in [-0.4, -0.2) is 5.11 Å². The van der Waals surface area contributed by atoms with Gasteiger partial charge in [-0.05, 0) is 18.1 Å². The molecule has 1 atom stereocenters. The van der Waals surface area contributed by atoms with Crippen LogP contribution in [0, 0.1) is 0 Å². The van der Waals surface area contributed by atoms with Crippen molar-refractivity contribution in [1.29, 1.82) is 0 Å². The van der Waals surface area contributed by atoms with Crippen LogP contribution < -0.4 is 0 Å². The summed E-state index contributed by atoms with van der Waals surface area (Å²) in [6, 6.07) is 7.28. The van der Waals surface area contributed by atoms with Crippen LogP contribution in [-0.2, 0) is 0 Å². The van der Waals surface area contributed by atoms with Crippen molar-refractivity contribution in [2.24, 2.45) is 0 Å². The summed E-state index contributed by atoms with van der Waals surface area (Å²) in [5.41, 5.74) is 0.763. The van der Waals surface area contributed by atoms with Gasteiger partial charge in [-0.25, -0.2) is 0 Å². The minimum atomic E-state index is -0.531. The molecule has 0 saturated carbocycles. The molecule has 2 heteroatoms. The number of halogens is 1. The number of hydrogen-bond acceptors (Lipinski definition) is 1. The standard InChI is InChI=1S/C10H11ClO/c1-2-5-10(12)8-6-3-4-7-9(8)11/h2-4,6-7,10,12H,1,5H2. The molecule has 1 aromatic rings. The fraction of sp³-hybridized carbons (Fsp3) is 0.200. The average Bonchev–Trinajstić information content (AvgIpc) is 2.05. The number of benzene rings is 1. The zero-order valence-electron chi connectivity index (χ0n) is 6.70. The second kappa shape index (κ2) is 4.29. The molecule has 0 radical (unpaired) electrons. The van der Waals surface area contributed by atoms with Gasteiger partial charge in [-0.3, -0.25) is 0 Å². The topological polar surface area (TPSA) is 20.2 Å². The van der Waals surface area contributed by atoms with E-state index in [4.69, 9.17) is 11.6 Å². The van der Waals surface area contributed by atoms with Gasteiger partial charge in [-0.2, -0.15) is 0 Å². The Morgan fingerprint density at radius 3 is 2.75 bits per heavy atom. The molecule has 12 heavy (non-hydrogen) atoms. The Bertz CT molecular complexity index is 270. The summed E-state index contributed by atoms with van der Waals surface area (Å²) in [6.07, 6.45) is 1.67. The Morgan fingerprint density at radius 2 is 2.17 bits per heavy atom. The van der Waals surface area contributed by atoms with Crippen molar-refractivity contribution >= 4 is 11.6 Å². The molecular formula is C10H11ClO. The van der Waals surface area contributed by atoms with E-state index in [9.17, 15) is 5.11 Å². The predicted octanol–water partition coefficient (Wildman–Crippen LogP) is 2.95. The molecule has 0 amide bonds. The highest BCUT2D eigenvalue weighted by Gasteiger charge is 2.07. The second-order valence-electron chi connectivity index (χ2n) is 2.56. The lowest BCUT2D eigenvalue weighted by Crippen LogP contribution is -1.95. The Hall–Kier alpha value is -0.790. The van der Waals surface area contributed by atoms with Crippen LogP contribution in [0.5, 0.6) is 0 Å². The first kappa shape index (κ1) is 9.30. The van der Waals surface area contributed by atoms with Gasteiger partial charge in [0.2, 0.25) is 0 Å². The highest BCUT2D eigenvalue weighted by Crippen LogP contribution is 2.24. The third-order valence-electron chi connectivity index (χ3n) is 1.65. The zero-order chi connectivity index (χ0) is 8.97. The van der Waals surface area contributed by atoms with Gasteiger partial charge < -0.3 is 5.11 Å². The minimum absolute atomic E-state index is 0.531. The molecule has 0 bridgehead atoms. The molecule has 0 fully saturated rings. The molecule has 1 N–H and O–H groups in total. The molecule has 0 aliphatic rings. The first-order valence-corrected chi connectivity index (χ1v) is 4.17. The fourth-order valence-corrected chi connectivity index (χ4v) is 1.29. The van der Waals surface area contributed by atoms with Gasteiger partial charge in [0, 0.05) is 5.02 Å². The fourth-order valence-electron chi connectivity index (χ4n) is 1.03. The van der Waals surface area contributed by atoms with Crippen LogP contribution in [0.2, 0.25) is 5.02 Å². The summed E-state index contributed by atoms with van der Waals surface area (Å²) in [5, 5.41) is 10.1. The Labute approximate surface area is 77.3 Å². The van der Waals surface area contributed by atoms with Crippen LogP contribution in [0.15, 0.2) is 36.9 Å². The number of aliphatic hydroxyl groups is 1. The molecule has 1 aromatic carbocycles. The molecule has 64 valence electrons. The molecular weight excluding hydrogens is 172 g/mol. The maximum Gasteiger partial charge on any atom is 0.0838 e. The van der Waals surface area contributed by atoms with Crippen LogP contribution in [0.3, 0.4) is 0 Å². The van der Waals surface area contributed by atoms with Crippen molar-refractivity contribution in [3.05, 3.63) is 47.5 Å². The van der Waals surface area contributed by atoms with E-state index in [-0.39, 0.29) is 0 Å². The van der Waals surface area contributed by atoms with Crippen LogP contribution in [0.4, 0.5) is 0 Å². The lowest BCUT2D eigenvalue weighted by Gasteiger charge is -2.09. The van der Waals surface area contributed by atoms with Gasteiger partial charge in [-0.1, -0.05) is 35.9 Å². The molecule has 1 nitrogen and oxygen atoms in total. The van der Waals surface area contributed by atoms with E-state index >= 15 is 0 Å². The summed E-state index contributed by atoms with van der Waals surface area (Å²) < 4.78 is 0. The van der Waals surface area contributed by atoms with E-state index in [0.29, 0.717) is 11.4 Å². The van der Waals surface area contributed by atoms with Crippen molar-refractivity contribution in [2.45, 2.75) is 12.5 Å². The summed E-state index contributed by atoms with van der Waals surface area (Å²) in [7, 11) is 0. The highest BCUT2D eigenvalue weighted by atomic mass is 35.5. The van der Waals surface area contributed by atoms with Crippen molar-refractivity contribution < 1.29 is 5.11 Å². The average molecular weight is 183 g/mol. The lowest BCUT2D eigenvalue weighted by atomic mass is 10.1. The highest BCUT2D eigenvalue weighted by molar-refractivity contribution is 6.31. The van der Waals surface area contributed by atoms with Crippen LogP contribution in [0.25, 0.3) is 0 Å². The second-order valence-corrected chi connectivity index (χ2v) is 2.97. The normalized spacial score (nSPS) is 12.5. The summed E-state index contributed by atoms with van der Waals surface area (Å²) in [5.74, 6) is 0. The van der Waals surface area contributed by atoms with Crippen LogP contribution in [0.1, 0.15) is 18.1 Å². The first-order chi connectivity index (χ1) is 5.75. The van der Waals surface area contributed by atoms with Crippen molar-refractivity contribution in [3.8, 4) is 0 Å². The minimum Gasteiger partial charge on any atom is -0.388 e. The number of hydrogen-bond donors (Lipinski definition) is 1. The van der Waals surface area contributed by atoms with Gasteiger partial charge in [0.15, 0.2) is 0 Å². The Balaban J connectivity index is 2.86. The van der Waals surface area contributed by atoms with E-state index < -0.39 is 6.10 Å². The molecule has 1 unspecified atom stereocenters. The largest absolute Gasteiger partial charge is 0.388 e. The molecule has 0 aliphatic heterocycles. The van der Waals surface area contributed by atoms with Gasteiger partial charge in [0.05, 0.1) is 6.10 Å². The SMILES string of the molecule is C=CCC(O)c1ccccc1Cl. The Kier molecular flexibility index (Phi) is 3.32. The predicted molar refractivity (Wildman–Crippen MR) is 51.2 cm³/mol. The van der Waals surface area contributed by atoms with Crippen molar-refractivity contribution in [2.75, 3.05) is 0 Å². The molecule has 0 aliphatic carbocycles. The smallest absolute Gasteiger partial charge is 0.0838 e. The monoisotopic (exact) mass is 182 g/mol. The van der Waals surface area contributed by atoms with Gasteiger partial charge in [0.25, 0.3) is 0 Å². The van der Waals surface area contributed by atoms with E-state index in [1.165, 1.54) is 0 Å². The molecule has 1 rings (SSSR count). The maximum atomic E-state index is 9.55. The summed E-state index contributed by atoms with van der Waals surface area (Å²) in [4.78, 5) is 0. The van der Waals surface area contributed by atoms with Gasteiger partial charge in [-0.15, -0.1) is 6.58 Å². The summed E-state index contributed by atoms with van der Waals surface area (Å²) >= 11 is 5.86. The van der Waals surface area contributed by atoms with Crippen molar-refractivity contribution in [1.82, 2.24) is 0 Å². The number of aliphatic hydroxyl groups excluding tert-OH is 1. The zero-order valence-corrected chi connectivity index (χ0v) is 7.46. The first-order valence-electron chi connectivity index (χ1n) is 3.79.